The Hall–Kier alpha value is -3.00. The number of fused-ring (bicyclic) bond motifs is 1. The molecule has 1 amide bonds. The zero-order chi connectivity index (χ0) is 18.7. The van der Waals surface area contributed by atoms with Crippen LogP contribution in [-0.4, -0.2) is 30.5 Å². The number of ether oxygens (including phenoxy) is 1. The maximum absolute atomic E-state index is 11.2. The first-order valence-electron chi connectivity index (χ1n) is 8.81. The number of benzene rings is 1. The van der Waals surface area contributed by atoms with Crippen LogP contribution in [0, 0.1) is 11.3 Å². The van der Waals surface area contributed by atoms with E-state index in [1.807, 2.05) is 24.3 Å². The zero-order valence-electron chi connectivity index (χ0n) is 15.4. The Balaban J connectivity index is 2.02. The molecule has 1 aliphatic heterocycles. The van der Waals surface area contributed by atoms with Crippen LogP contribution in [0.3, 0.4) is 0 Å². The molecule has 1 atom stereocenters. The minimum Gasteiger partial charge on any atom is -0.501 e. The van der Waals surface area contributed by atoms with Gasteiger partial charge >= 0.3 is 0 Å². The van der Waals surface area contributed by atoms with E-state index in [-0.39, 0.29) is 11.9 Å². The summed E-state index contributed by atoms with van der Waals surface area (Å²) in [5, 5.41) is 12.6. The largest absolute Gasteiger partial charge is 0.501 e. The predicted molar refractivity (Wildman–Crippen MR) is 102 cm³/mol. The molecule has 3 rings (SSSR count). The third-order valence-corrected chi connectivity index (χ3v) is 4.82. The van der Waals surface area contributed by atoms with E-state index in [1.165, 1.54) is 6.92 Å². The lowest BCUT2D eigenvalue weighted by atomic mass is 9.99. The smallest absolute Gasteiger partial charge is 0.221 e. The van der Waals surface area contributed by atoms with E-state index in [0.29, 0.717) is 0 Å². The van der Waals surface area contributed by atoms with E-state index < -0.39 is 0 Å². The van der Waals surface area contributed by atoms with Gasteiger partial charge in [-0.15, -0.1) is 0 Å². The summed E-state index contributed by atoms with van der Waals surface area (Å²) < 4.78 is 5.49. The van der Waals surface area contributed by atoms with E-state index in [2.05, 4.69) is 35.4 Å². The molecule has 1 aromatic rings. The van der Waals surface area contributed by atoms with Gasteiger partial charge in [0.05, 0.1) is 30.2 Å². The summed E-state index contributed by atoms with van der Waals surface area (Å²) in [5.74, 6) is 0.858. The first kappa shape index (κ1) is 17.8. The SMILES string of the molecule is CCN1C(c2ccc(NC(C)=O)cc2)=C(C#N)C2=CCC=C(OC)CC21. The number of hydrogen-bond donors (Lipinski definition) is 1. The molecule has 134 valence electrons. The zero-order valence-corrected chi connectivity index (χ0v) is 15.4. The highest BCUT2D eigenvalue weighted by atomic mass is 16.5. The topological polar surface area (TPSA) is 65.4 Å². The lowest BCUT2D eigenvalue weighted by Gasteiger charge is -2.29. The lowest BCUT2D eigenvalue weighted by Crippen LogP contribution is -2.30. The number of allylic oxidation sites excluding steroid dienone is 2. The second-order valence-corrected chi connectivity index (χ2v) is 6.37. The predicted octanol–water partition coefficient (Wildman–Crippen LogP) is 3.83. The van der Waals surface area contributed by atoms with E-state index in [1.54, 1.807) is 7.11 Å². The van der Waals surface area contributed by atoms with Gasteiger partial charge in [0.25, 0.3) is 0 Å². The molecule has 5 nitrogen and oxygen atoms in total. The second-order valence-electron chi connectivity index (χ2n) is 6.37. The fourth-order valence-electron chi connectivity index (χ4n) is 3.71. The number of methoxy groups -OCH3 is 1. The molecule has 1 heterocycles. The Kier molecular flexibility index (Phi) is 5.13. The van der Waals surface area contributed by atoms with Crippen LogP contribution in [0.5, 0.6) is 0 Å². The highest BCUT2D eigenvalue weighted by molar-refractivity contribution is 5.89. The van der Waals surface area contributed by atoms with Crippen molar-refractivity contribution in [3.8, 4) is 6.07 Å². The molecule has 1 N–H and O–H groups in total. The van der Waals surface area contributed by atoms with E-state index >= 15 is 0 Å². The van der Waals surface area contributed by atoms with E-state index in [9.17, 15) is 10.1 Å². The number of nitrogens with zero attached hydrogens (tertiary/aromatic N) is 2. The number of amides is 1. The molecule has 26 heavy (non-hydrogen) atoms. The minimum atomic E-state index is -0.1000. The number of rotatable bonds is 4. The third-order valence-electron chi connectivity index (χ3n) is 4.82. The van der Waals surface area contributed by atoms with Crippen molar-refractivity contribution in [3.63, 3.8) is 0 Å². The number of likely N-dealkylation sites (N-methyl/N-ethyl adjacent to an activating group) is 1. The molecule has 0 bridgehead atoms. The van der Waals surface area contributed by atoms with Crippen molar-refractivity contribution < 1.29 is 9.53 Å². The van der Waals surface area contributed by atoms with E-state index in [0.717, 1.165) is 53.2 Å². The van der Waals surface area contributed by atoms with Gasteiger partial charge in [-0.1, -0.05) is 18.2 Å². The van der Waals surface area contributed by atoms with Crippen molar-refractivity contribution in [2.24, 2.45) is 0 Å². The van der Waals surface area contributed by atoms with Crippen molar-refractivity contribution in [3.05, 3.63) is 58.9 Å². The molecular weight excluding hydrogens is 326 g/mol. The summed E-state index contributed by atoms with van der Waals surface area (Å²) in [6.07, 6.45) is 5.74. The Bertz CT molecular complexity index is 841. The molecule has 1 unspecified atom stereocenters. The normalized spacial score (nSPS) is 19.2. The molecule has 0 saturated carbocycles. The van der Waals surface area contributed by atoms with Crippen LogP contribution in [0.4, 0.5) is 5.69 Å². The number of carbonyl (C=O) groups is 1. The molecule has 1 aromatic carbocycles. The third kappa shape index (κ3) is 3.23. The number of anilines is 1. The number of nitrogens with one attached hydrogen (secondary N) is 1. The first-order valence-corrected chi connectivity index (χ1v) is 8.81. The number of carbonyl (C=O) groups excluding carboxylic acids is 1. The fourth-order valence-corrected chi connectivity index (χ4v) is 3.71. The van der Waals surface area contributed by atoms with Gasteiger partial charge in [-0.3, -0.25) is 4.79 Å². The van der Waals surface area contributed by atoms with Gasteiger partial charge in [0.1, 0.15) is 6.07 Å². The highest BCUT2D eigenvalue weighted by Crippen LogP contribution is 2.42. The molecule has 1 aliphatic carbocycles. The average Bonchev–Trinajstić information content (AvgIpc) is 2.77. The molecule has 0 saturated heterocycles. The van der Waals surface area contributed by atoms with Gasteiger partial charge in [-0.2, -0.15) is 5.26 Å². The van der Waals surface area contributed by atoms with Gasteiger partial charge in [0.15, 0.2) is 0 Å². The first-order chi connectivity index (χ1) is 12.6. The van der Waals surface area contributed by atoms with Crippen molar-refractivity contribution in [1.29, 1.82) is 5.26 Å². The molecule has 0 fully saturated rings. The summed E-state index contributed by atoms with van der Waals surface area (Å²) in [4.78, 5) is 13.5. The maximum atomic E-state index is 11.2. The highest BCUT2D eigenvalue weighted by Gasteiger charge is 2.37. The van der Waals surface area contributed by atoms with Crippen LogP contribution in [0.2, 0.25) is 0 Å². The van der Waals surface area contributed by atoms with E-state index in [4.69, 9.17) is 4.74 Å². The van der Waals surface area contributed by atoms with Crippen LogP contribution < -0.4 is 5.32 Å². The quantitative estimate of drug-likeness (QED) is 0.897. The van der Waals surface area contributed by atoms with Gasteiger partial charge in [-0.05, 0) is 42.7 Å². The lowest BCUT2D eigenvalue weighted by molar-refractivity contribution is -0.114. The fraction of sp³-hybridized carbons (Fsp3) is 0.333. The molecule has 0 radical (unpaired) electrons. The summed E-state index contributed by atoms with van der Waals surface area (Å²) >= 11 is 0. The monoisotopic (exact) mass is 349 g/mol. The van der Waals surface area contributed by atoms with Gasteiger partial charge in [-0.25, -0.2) is 0 Å². The summed E-state index contributed by atoms with van der Waals surface area (Å²) in [6, 6.07) is 10.2. The van der Waals surface area contributed by atoms with Crippen LogP contribution in [-0.2, 0) is 9.53 Å². The Morgan fingerprint density at radius 2 is 2.08 bits per heavy atom. The summed E-state index contributed by atoms with van der Waals surface area (Å²) in [6.45, 7) is 4.39. The van der Waals surface area contributed by atoms with Gasteiger partial charge in [0, 0.05) is 25.6 Å². The Morgan fingerprint density at radius 1 is 1.35 bits per heavy atom. The molecule has 2 aliphatic rings. The van der Waals surface area contributed by atoms with Crippen LogP contribution >= 0.6 is 0 Å². The number of hydrogen-bond acceptors (Lipinski definition) is 4. The summed E-state index contributed by atoms with van der Waals surface area (Å²) in [5.41, 5.74) is 4.50. The number of nitriles is 1. The van der Waals surface area contributed by atoms with Crippen molar-refractivity contribution >= 4 is 17.3 Å². The summed E-state index contributed by atoms with van der Waals surface area (Å²) in [7, 11) is 1.70. The Morgan fingerprint density at radius 3 is 2.65 bits per heavy atom. The van der Waals surface area contributed by atoms with Crippen LogP contribution in [0.15, 0.2) is 53.3 Å². The van der Waals surface area contributed by atoms with Crippen LogP contribution in [0.1, 0.15) is 32.3 Å². The molecular formula is C21H23N3O2. The van der Waals surface area contributed by atoms with Crippen molar-refractivity contribution in [2.75, 3.05) is 19.0 Å². The molecule has 0 aromatic heterocycles. The standard InChI is InChI=1S/C21H23N3O2/c1-4-24-20-12-17(26-3)6-5-7-18(20)19(13-22)21(24)15-8-10-16(11-9-15)23-14(2)25/h6-11,20H,4-5,12H2,1-3H3,(H,23,25). The maximum Gasteiger partial charge on any atom is 0.221 e. The van der Waals surface area contributed by atoms with Crippen molar-refractivity contribution in [1.82, 2.24) is 4.90 Å². The minimum absolute atomic E-state index is 0.1000. The van der Waals surface area contributed by atoms with Crippen LogP contribution in [0.25, 0.3) is 5.70 Å². The van der Waals surface area contributed by atoms with Gasteiger partial charge < -0.3 is 15.0 Å². The van der Waals surface area contributed by atoms with Gasteiger partial charge in [0.2, 0.25) is 5.91 Å². The van der Waals surface area contributed by atoms with Crippen molar-refractivity contribution in [2.45, 2.75) is 32.7 Å². The average molecular weight is 349 g/mol. The molecule has 5 heteroatoms. The molecule has 0 spiro atoms. The second kappa shape index (κ2) is 7.49. The Labute approximate surface area is 154 Å².